The third-order valence-corrected chi connectivity index (χ3v) is 4.76. The molecule has 0 atom stereocenters. The van der Waals surface area contributed by atoms with Crippen LogP contribution in [0.25, 0.3) is 5.82 Å². The van der Waals surface area contributed by atoms with Gasteiger partial charge < -0.3 is 9.80 Å². The summed E-state index contributed by atoms with van der Waals surface area (Å²) in [5.74, 6) is 1.77. The molecule has 0 N–H and O–H groups in total. The zero-order chi connectivity index (χ0) is 17.2. The van der Waals surface area contributed by atoms with Crippen molar-refractivity contribution in [2.45, 2.75) is 6.92 Å². The van der Waals surface area contributed by atoms with E-state index in [-0.39, 0.29) is 0 Å². The molecule has 1 aliphatic heterocycles. The van der Waals surface area contributed by atoms with Gasteiger partial charge in [0.15, 0.2) is 0 Å². The molecule has 0 aliphatic carbocycles. The molecule has 128 valence electrons. The zero-order valence-electron chi connectivity index (χ0n) is 14.0. The van der Waals surface area contributed by atoms with Gasteiger partial charge in [-0.1, -0.05) is 17.7 Å². The molecule has 4 rings (SSSR count). The predicted octanol–water partition coefficient (Wildman–Crippen LogP) is 2.95. The topological polar surface area (TPSA) is 50.1 Å². The molecule has 2 aromatic heterocycles. The smallest absolute Gasteiger partial charge is 0.143 e. The molecule has 1 aromatic carbocycles. The van der Waals surface area contributed by atoms with E-state index in [9.17, 15) is 0 Å². The molecule has 1 saturated heterocycles. The van der Waals surface area contributed by atoms with Crippen molar-refractivity contribution < 1.29 is 0 Å². The lowest BCUT2D eigenvalue weighted by Gasteiger charge is -2.37. The molecular weight excluding hydrogens is 336 g/mol. The second kappa shape index (κ2) is 6.72. The summed E-state index contributed by atoms with van der Waals surface area (Å²) in [4.78, 5) is 17.5. The Labute approximate surface area is 151 Å². The van der Waals surface area contributed by atoms with Crippen molar-refractivity contribution in [3.8, 4) is 5.82 Å². The van der Waals surface area contributed by atoms with Crippen molar-refractivity contribution in [2.75, 3.05) is 36.0 Å². The van der Waals surface area contributed by atoms with Crippen molar-refractivity contribution in [3.63, 3.8) is 0 Å². The molecule has 6 nitrogen and oxygen atoms in total. The fourth-order valence-electron chi connectivity index (χ4n) is 3.15. The lowest BCUT2D eigenvalue weighted by molar-refractivity contribution is 0.645. The molecule has 3 heterocycles. The highest BCUT2D eigenvalue weighted by Gasteiger charge is 2.20. The average molecular weight is 355 g/mol. The van der Waals surface area contributed by atoms with Crippen LogP contribution in [0, 0.1) is 6.92 Å². The van der Waals surface area contributed by atoms with Gasteiger partial charge in [0.25, 0.3) is 0 Å². The third kappa shape index (κ3) is 3.30. The first-order valence-corrected chi connectivity index (χ1v) is 8.65. The molecule has 25 heavy (non-hydrogen) atoms. The van der Waals surface area contributed by atoms with Gasteiger partial charge in [-0.15, -0.1) is 0 Å². The lowest BCUT2D eigenvalue weighted by Crippen LogP contribution is -2.47. The van der Waals surface area contributed by atoms with Crippen LogP contribution in [0.5, 0.6) is 0 Å². The Morgan fingerprint density at radius 3 is 2.48 bits per heavy atom. The number of hydrogen-bond acceptors (Lipinski definition) is 5. The van der Waals surface area contributed by atoms with Gasteiger partial charge in [0, 0.05) is 55.3 Å². The normalized spacial score (nSPS) is 14.8. The van der Waals surface area contributed by atoms with Crippen LogP contribution in [0.4, 0.5) is 11.5 Å². The van der Waals surface area contributed by atoms with Gasteiger partial charge in [0.05, 0.1) is 0 Å². The second-order valence-corrected chi connectivity index (χ2v) is 6.55. The van der Waals surface area contributed by atoms with E-state index in [0.29, 0.717) is 0 Å². The molecule has 1 aliphatic rings. The molecule has 0 amide bonds. The summed E-state index contributed by atoms with van der Waals surface area (Å²) >= 11 is 6.17. The first-order chi connectivity index (χ1) is 12.2. The van der Waals surface area contributed by atoms with Crippen LogP contribution in [-0.4, -0.2) is 45.7 Å². The number of piperazine rings is 1. The Morgan fingerprint density at radius 1 is 0.960 bits per heavy atom. The summed E-state index contributed by atoms with van der Waals surface area (Å²) in [5, 5.41) is 0.781. The molecule has 0 spiro atoms. The SMILES string of the molecule is Cc1ccc(Cl)cc1N1CCN(c2cc(-n3ccnc3)ncn2)CC1. The summed E-state index contributed by atoms with van der Waals surface area (Å²) in [6, 6.07) is 8.07. The van der Waals surface area contributed by atoms with Gasteiger partial charge >= 0.3 is 0 Å². The lowest BCUT2D eigenvalue weighted by atomic mass is 10.1. The van der Waals surface area contributed by atoms with E-state index >= 15 is 0 Å². The van der Waals surface area contributed by atoms with E-state index in [1.54, 1.807) is 18.9 Å². The van der Waals surface area contributed by atoms with Crippen LogP contribution in [0.1, 0.15) is 5.56 Å². The molecule has 0 bridgehead atoms. The number of aromatic nitrogens is 4. The van der Waals surface area contributed by atoms with Gasteiger partial charge in [-0.2, -0.15) is 0 Å². The maximum absolute atomic E-state index is 6.17. The Bertz CT molecular complexity index is 856. The maximum Gasteiger partial charge on any atom is 0.143 e. The van der Waals surface area contributed by atoms with Crippen molar-refractivity contribution >= 4 is 23.1 Å². The number of aryl methyl sites for hydroxylation is 1. The van der Waals surface area contributed by atoms with Gasteiger partial charge in [-0.25, -0.2) is 15.0 Å². The van der Waals surface area contributed by atoms with Crippen molar-refractivity contribution in [2.24, 2.45) is 0 Å². The number of benzene rings is 1. The monoisotopic (exact) mass is 354 g/mol. The Balaban J connectivity index is 1.49. The van der Waals surface area contributed by atoms with E-state index < -0.39 is 0 Å². The molecule has 7 heteroatoms. The van der Waals surface area contributed by atoms with Crippen molar-refractivity contribution in [3.05, 3.63) is 59.9 Å². The summed E-state index contributed by atoms with van der Waals surface area (Å²) in [6.45, 7) is 5.82. The number of halogens is 1. The minimum Gasteiger partial charge on any atom is -0.368 e. The largest absolute Gasteiger partial charge is 0.368 e. The minimum atomic E-state index is 0.781. The Kier molecular flexibility index (Phi) is 4.28. The molecule has 1 fully saturated rings. The van der Waals surface area contributed by atoms with Crippen molar-refractivity contribution in [1.82, 2.24) is 19.5 Å². The third-order valence-electron chi connectivity index (χ3n) is 4.52. The van der Waals surface area contributed by atoms with E-state index in [1.165, 1.54) is 11.3 Å². The highest BCUT2D eigenvalue weighted by Crippen LogP contribution is 2.26. The van der Waals surface area contributed by atoms with Crippen LogP contribution >= 0.6 is 11.6 Å². The predicted molar refractivity (Wildman–Crippen MR) is 99.8 cm³/mol. The number of imidazole rings is 1. The van der Waals surface area contributed by atoms with E-state index in [2.05, 4.69) is 37.7 Å². The number of anilines is 2. The summed E-state index contributed by atoms with van der Waals surface area (Å²) < 4.78 is 1.89. The van der Waals surface area contributed by atoms with Crippen LogP contribution in [-0.2, 0) is 0 Å². The van der Waals surface area contributed by atoms with Gasteiger partial charge in [-0.3, -0.25) is 4.57 Å². The number of rotatable bonds is 3. The first-order valence-electron chi connectivity index (χ1n) is 8.27. The number of nitrogens with zero attached hydrogens (tertiary/aromatic N) is 6. The Hall–Kier alpha value is -2.60. The fourth-order valence-corrected chi connectivity index (χ4v) is 3.31. The standard InChI is InChI=1S/C18H19ClN6/c1-14-2-3-15(19)10-16(14)23-6-8-24(9-7-23)17-11-18(22-12-21-17)25-5-4-20-13-25/h2-5,10-13H,6-9H2,1H3. The molecule has 0 radical (unpaired) electrons. The summed E-state index contributed by atoms with van der Waals surface area (Å²) in [5.41, 5.74) is 2.47. The zero-order valence-corrected chi connectivity index (χ0v) is 14.8. The summed E-state index contributed by atoms with van der Waals surface area (Å²) in [6.07, 6.45) is 6.98. The first kappa shape index (κ1) is 15.9. The van der Waals surface area contributed by atoms with Crippen LogP contribution in [0.3, 0.4) is 0 Å². The highest BCUT2D eigenvalue weighted by molar-refractivity contribution is 6.30. The minimum absolute atomic E-state index is 0.781. The van der Waals surface area contributed by atoms with Crippen LogP contribution < -0.4 is 9.80 Å². The van der Waals surface area contributed by atoms with Gasteiger partial charge in [0.2, 0.25) is 0 Å². The highest BCUT2D eigenvalue weighted by atomic mass is 35.5. The van der Waals surface area contributed by atoms with Crippen molar-refractivity contribution in [1.29, 1.82) is 0 Å². The van der Waals surface area contributed by atoms with E-state index in [0.717, 1.165) is 42.8 Å². The molecule has 3 aromatic rings. The second-order valence-electron chi connectivity index (χ2n) is 6.11. The average Bonchev–Trinajstić information content (AvgIpc) is 3.19. The fraction of sp³-hybridized carbons (Fsp3) is 0.278. The summed E-state index contributed by atoms with van der Waals surface area (Å²) in [7, 11) is 0. The van der Waals surface area contributed by atoms with Crippen LogP contribution in [0.15, 0.2) is 49.3 Å². The maximum atomic E-state index is 6.17. The van der Waals surface area contributed by atoms with Gasteiger partial charge in [-0.05, 0) is 24.6 Å². The van der Waals surface area contributed by atoms with Gasteiger partial charge in [0.1, 0.15) is 24.3 Å². The van der Waals surface area contributed by atoms with E-state index in [4.69, 9.17) is 11.6 Å². The molecule has 0 saturated carbocycles. The number of hydrogen-bond donors (Lipinski definition) is 0. The molecule has 0 unspecified atom stereocenters. The Morgan fingerprint density at radius 2 is 1.72 bits per heavy atom. The molecular formula is C18H19ClN6. The van der Waals surface area contributed by atoms with E-state index in [1.807, 2.05) is 29.0 Å². The quantitative estimate of drug-likeness (QED) is 0.723. The van der Waals surface area contributed by atoms with Crippen LogP contribution in [0.2, 0.25) is 5.02 Å².